The fourth-order valence-corrected chi connectivity index (χ4v) is 6.93. The van der Waals surface area contributed by atoms with E-state index < -0.39 is 49.3 Å². The molecule has 0 bridgehead atoms. The number of aryl methyl sites for hydroxylation is 1. The Labute approximate surface area is 282 Å². The first-order valence-electron chi connectivity index (χ1n) is 16.6. The van der Waals surface area contributed by atoms with Gasteiger partial charge in [-0.1, -0.05) is 0 Å². The average molecular weight is 685 g/mol. The molecule has 15 heteroatoms. The summed E-state index contributed by atoms with van der Waals surface area (Å²) in [6, 6.07) is 3.18. The van der Waals surface area contributed by atoms with Crippen LogP contribution in [0.5, 0.6) is 5.75 Å². The summed E-state index contributed by atoms with van der Waals surface area (Å²) in [4.78, 5) is 43.3. The molecule has 1 fully saturated rings. The number of anilines is 1. The number of aliphatic hydroxyl groups excluding tert-OH is 5. The van der Waals surface area contributed by atoms with Gasteiger partial charge in [0, 0.05) is 55.4 Å². The standard InChI is InChI=1S/C34H44N4O11/c1-18-9-24(40)22-11-21-12-27(49-46-17-26(42)31(45)30(44)25(41)16-39)34(6-8-35-2,5-3-19-10-28(43)37-13-19)48-32(21)29(33(22)47-18)38-14-20-4-7-36-23(20)15-38/h4,7,9,11,15,19,25-27,30-31,35,39,41-42,44-45H,3,5-6,8,10,12-14,16-17H2,1-2H3,(H,37,43)/t19-,25+,26-,27+,30+,31+,34-/m0/s1. The molecule has 2 aromatic rings. The fourth-order valence-electron chi connectivity index (χ4n) is 6.93. The summed E-state index contributed by atoms with van der Waals surface area (Å²) in [5, 5.41) is 56.1. The highest BCUT2D eigenvalue weighted by Crippen LogP contribution is 2.49. The maximum Gasteiger partial charge on any atom is 0.220 e. The second kappa shape index (κ2) is 14.7. The van der Waals surface area contributed by atoms with Crippen LogP contribution in [-0.4, -0.2) is 114 Å². The lowest BCUT2D eigenvalue weighted by Gasteiger charge is -2.45. The van der Waals surface area contributed by atoms with Crippen molar-refractivity contribution in [3.8, 4) is 5.75 Å². The lowest BCUT2D eigenvalue weighted by Crippen LogP contribution is -2.55. The van der Waals surface area contributed by atoms with Crippen molar-refractivity contribution >= 4 is 28.8 Å². The van der Waals surface area contributed by atoms with Gasteiger partial charge in [-0.3, -0.25) is 14.6 Å². The Morgan fingerprint density at radius 3 is 2.65 bits per heavy atom. The van der Waals surface area contributed by atoms with Gasteiger partial charge in [0.05, 0.1) is 24.2 Å². The molecular formula is C34H44N4O11. The third-order valence-electron chi connectivity index (χ3n) is 9.75. The summed E-state index contributed by atoms with van der Waals surface area (Å²) >= 11 is 0. The van der Waals surface area contributed by atoms with E-state index in [1.54, 1.807) is 19.2 Å². The normalized spacial score (nSPS) is 25.4. The molecule has 0 saturated carbocycles. The Kier molecular flexibility index (Phi) is 10.5. The van der Waals surface area contributed by atoms with Gasteiger partial charge in [-0.25, -0.2) is 9.78 Å². The van der Waals surface area contributed by atoms with E-state index in [1.165, 1.54) is 6.07 Å². The number of nitrogens with one attached hydrogen (secondary N) is 2. The molecule has 6 rings (SSSR count). The van der Waals surface area contributed by atoms with E-state index in [0.717, 1.165) is 11.3 Å². The van der Waals surface area contributed by atoms with Crippen molar-refractivity contribution in [2.75, 3.05) is 44.8 Å². The molecule has 5 heterocycles. The number of fused-ring (bicyclic) bond motifs is 3. The van der Waals surface area contributed by atoms with Crippen LogP contribution in [0.4, 0.5) is 5.69 Å². The molecule has 7 N–H and O–H groups in total. The molecule has 1 aromatic heterocycles. The van der Waals surface area contributed by atoms with Crippen molar-refractivity contribution in [3.63, 3.8) is 0 Å². The fraction of sp³-hybridized carbons (Fsp3) is 0.559. The highest BCUT2D eigenvalue weighted by atomic mass is 17.2. The van der Waals surface area contributed by atoms with Gasteiger partial charge >= 0.3 is 0 Å². The summed E-state index contributed by atoms with van der Waals surface area (Å²) in [5.41, 5.74) is 2.21. The zero-order chi connectivity index (χ0) is 34.9. The number of aliphatic imine (C=N–C) groups is 1. The van der Waals surface area contributed by atoms with E-state index in [1.807, 2.05) is 24.2 Å². The Balaban J connectivity index is 1.38. The van der Waals surface area contributed by atoms with Gasteiger partial charge in [-0.15, -0.1) is 0 Å². The first-order valence-corrected chi connectivity index (χ1v) is 16.6. The number of carbonyl (C=O) groups is 1. The van der Waals surface area contributed by atoms with Crippen LogP contribution in [0.25, 0.3) is 11.0 Å². The van der Waals surface area contributed by atoms with E-state index in [9.17, 15) is 30.0 Å². The molecule has 1 amide bonds. The molecule has 0 radical (unpaired) electrons. The van der Waals surface area contributed by atoms with E-state index >= 15 is 0 Å². The Morgan fingerprint density at radius 2 is 1.94 bits per heavy atom. The average Bonchev–Trinajstić information content (AvgIpc) is 3.81. The summed E-state index contributed by atoms with van der Waals surface area (Å²) in [6.45, 7) is 1.89. The summed E-state index contributed by atoms with van der Waals surface area (Å²) in [5.74, 6) is 1.04. The zero-order valence-corrected chi connectivity index (χ0v) is 27.5. The lowest BCUT2D eigenvalue weighted by atomic mass is 9.79. The third kappa shape index (κ3) is 7.16. The molecule has 1 aromatic carbocycles. The van der Waals surface area contributed by atoms with E-state index in [4.69, 9.17) is 24.0 Å². The van der Waals surface area contributed by atoms with Crippen LogP contribution in [0.1, 0.15) is 37.0 Å². The minimum Gasteiger partial charge on any atom is -0.482 e. The molecule has 266 valence electrons. The van der Waals surface area contributed by atoms with Crippen molar-refractivity contribution in [1.29, 1.82) is 0 Å². The molecule has 0 spiro atoms. The molecule has 7 atom stereocenters. The molecule has 4 aliphatic heterocycles. The molecule has 15 nitrogen and oxygen atoms in total. The monoisotopic (exact) mass is 684 g/mol. The van der Waals surface area contributed by atoms with Crippen molar-refractivity contribution < 1.29 is 49.3 Å². The van der Waals surface area contributed by atoms with Gasteiger partial charge in [-0.2, -0.15) is 0 Å². The first-order chi connectivity index (χ1) is 23.5. The van der Waals surface area contributed by atoms with Crippen LogP contribution < -0.4 is 25.7 Å². The van der Waals surface area contributed by atoms with Gasteiger partial charge in [0.1, 0.15) is 54.2 Å². The minimum absolute atomic E-state index is 0.00916. The quantitative estimate of drug-likeness (QED) is 0.0951. The van der Waals surface area contributed by atoms with E-state index in [0.29, 0.717) is 79.0 Å². The number of hydrogen-bond donors (Lipinski definition) is 7. The van der Waals surface area contributed by atoms with Crippen LogP contribution in [0.15, 0.2) is 49.9 Å². The molecule has 49 heavy (non-hydrogen) atoms. The second-order valence-electron chi connectivity index (χ2n) is 13.2. The highest BCUT2D eigenvalue weighted by Gasteiger charge is 2.49. The molecule has 0 unspecified atom stereocenters. The second-order valence-corrected chi connectivity index (χ2v) is 13.2. The van der Waals surface area contributed by atoms with Crippen LogP contribution in [-0.2, 0) is 21.0 Å². The van der Waals surface area contributed by atoms with E-state index in [2.05, 4.69) is 15.6 Å². The summed E-state index contributed by atoms with van der Waals surface area (Å²) < 4.78 is 13.3. The van der Waals surface area contributed by atoms with Gasteiger partial charge < -0.3 is 50.2 Å². The van der Waals surface area contributed by atoms with Crippen LogP contribution in [0.2, 0.25) is 0 Å². The summed E-state index contributed by atoms with van der Waals surface area (Å²) in [7, 11) is 1.82. The first kappa shape index (κ1) is 35.2. The number of rotatable bonds is 15. The number of carbonyl (C=O) groups excluding carboxylic acids is 1. The van der Waals surface area contributed by atoms with E-state index in [-0.39, 0.29) is 23.7 Å². The minimum atomic E-state index is -1.83. The van der Waals surface area contributed by atoms with Gasteiger partial charge in [0.2, 0.25) is 5.91 Å². The molecule has 4 aliphatic rings. The van der Waals surface area contributed by atoms with Crippen molar-refractivity contribution in [2.45, 2.75) is 75.1 Å². The lowest BCUT2D eigenvalue weighted by molar-refractivity contribution is -0.362. The predicted molar refractivity (Wildman–Crippen MR) is 177 cm³/mol. The zero-order valence-electron chi connectivity index (χ0n) is 27.5. The number of aliphatic hydroxyl groups is 5. The van der Waals surface area contributed by atoms with Crippen molar-refractivity contribution in [1.82, 2.24) is 10.6 Å². The van der Waals surface area contributed by atoms with Crippen molar-refractivity contribution in [3.05, 3.63) is 57.2 Å². The van der Waals surface area contributed by atoms with Crippen LogP contribution in [0.3, 0.4) is 0 Å². The number of benzene rings is 1. The molecule has 0 aliphatic carbocycles. The maximum atomic E-state index is 13.3. The van der Waals surface area contributed by atoms with Crippen LogP contribution >= 0.6 is 0 Å². The number of amides is 1. The maximum absolute atomic E-state index is 13.3. The van der Waals surface area contributed by atoms with Crippen LogP contribution in [0, 0.1) is 12.8 Å². The topological polar surface area (TPSA) is 216 Å². The third-order valence-corrected chi connectivity index (χ3v) is 9.75. The van der Waals surface area contributed by atoms with Gasteiger partial charge in [0.25, 0.3) is 0 Å². The highest BCUT2D eigenvalue weighted by molar-refractivity contribution is 5.96. The Morgan fingerprint density at radius 1 is 1.14 bits per heavy atom. The SMILES string of the molecule is CNCC[C@]1(CC[C@@H]2CNC(=O)C2)Oc2c(cc3c(=O)cc(C)oc3c2N2C=C3N=CC=C3C2)C[C@H]1OOC[C@H](O)[C@@H](O)[C@H](O)[C@H](O)CO. The number of nitrogens with zero attached hydrogens (tertiary/aromatic N) is 2. The number of allylic oxidation sites excluding steroid dienone is 1. The largest absolute Gasteiger partial charge is 0.482 e. The molecular weight excluding hydrogens is 640 g/mol. The Hall–Kier alpha value is -3.67. The number of hydrogen-bond acceptors (Lipinski definition) is 14. The predicted octanol–water partition coefficient (Wildman–Crippen LogP) is -0.274. The summed E-state index contributed by atoms with van der Waals surface area (Å²) in [6.07, 6.45) is -0.0409. The van der Waals surface area contributed by atoms with Gasteiger partial charge in [-0.05, 0) is 51.4 Å². The number of ether oxygens (including phenoxy) is 1. The smallest absolute Gasteiger partial charge is 0.220 e. The molecule has 1 saturated heterocycles. The van der Waals surface area contributed by atoms with Gasteiger partial charge in [0.15, 0.2) is 16.8 Å². The van der Waals surface area contributed by atoms with Crippen molar-refractivity contribution in [2.24, 2.45) is 10.9 Å². The Bertz CT molecular complexity index is 1710.